The summed E-state index contributed by atoms with van der Waals surface area (Å²) in [7, 11) is 0. The highest BCUT2D eigenvalue weighted by molar-refractivity contribution is 5.85. The Labute approximate surface area is 126 Å². The fourth-order valence-electron chi connectivity index (χ4n) is 1.35. The summed E-state index contributed by atoms with van der Waals surface area (Å²) in [6.45, 7) is 2.05. The monoisotopic (exact) mass is 308 g/mol. The molecule has 0 unspecified atom stereocenters. The van der Waals surface area contributed by atoms with Crippen LogP contribution in [0.4, 0.5) is 5.82 Å². The molecule has 7 heteroatoms. The third-order valence-corrected chi connectivity index (χ3v) is 2.25. The van der Waals surface area contributed by atoms with Crippen LogP contribution in [-0.2, 0) is 4.79 Å². The molecule has 1 rings (SSSR count). The molecular formula is C12H22Cl2N4O. The molecule has 0 bridgehead atoms. The number of rotatable bonds is 8. The van der Waals surface area contributed by atoms with E-state index in [0.717, 1.165) is 25.2 Å². The number of carbonyl (C=O) groups excluding carboxylic acids is 1. The van der Waals surface area contributed by atoms with Crippen molar-refractivity contribution in [2.24, 2.45) is 5.73 Å². The molecule has 5 nitrogen and oxygen atoms in total. The van der Waals surface area contributed by atoms with E-state index >= 15 is 0 Å². The maximum Gasteiger partial charge on any atom is 0.220 e. The average molecular weight is 309 g/mol. The van der Waals surface area contributed by atoms with Gasteiger partial charge in [-0.3, -0.25) is 4.79 Å². The van der Waals surface area contributed by atoms with E-state index in [1.807, 2.05) is 18.2 Å². The van der Waals surface area contributed by atoms with Gasteiger partial charge in [0.25, 0.3) is 0 Å². The molecule has 110 valence electrons. The second-order valence-electron chi connectivity index (χ2n) is 3.74. The number of nitrogens with zero attached hydrogens (tertiary/aromatic N) is 1. The predicted molar refractivity (Wildman–Crippen MR) is 83.1 cm³/mol. The fourth-order valence-corrected chi connectivity index (χ4v) is 1.35. The van der Waals surface area contributed by atoms with Crippen molar-refractivity contribution in [2.45, 2.75) is 19.3 Å². The SMILES string of the molecule is Cl.Cl.NCCCC(=O)NCCCNc1ccccn1. The highest BCUT2D eigenvalue weighted by Gasteiger charge is 1.98. The van der Waals surface area contributed by atoms with Crippen molar-refractivity contribution in [1.82, 2.24) is 10.3 Å². The van der Waals surface area contributed by atoms with Gasteiger partial charge in [-0.05, 0) is 31.5 Å². The maximum atomic E-state index is 11.2. The molecule has 4 N–H and O–H groups in total. The number of nitrogens with one attached hydrogen (secondary N) is 2. The summed E-state index contributed by atoms with van der Waals surface area (Å²) in [5, 5.41) is 6.03. The standard InChI is InChI=1S/C12H20N4O.2ClH/c13-7-3-6-12(17)16-10-4-9-15-11-5-1-2-8-14-11;;/h1-2,5,8H,3-4,6-7,9-10,13H2,(H,14,15)(H,16,17);2*1H. The van der Waals surface area contributed by atoms with Crippen molar-refractivity contribution in [3.63, 3.8) is 0 Å². The first kappa shape index (κ1) is 20.3. The Balaban J connectivity index is 0. The van der Waals surface area contributed by atoms with Gasteiger partial charge < -0.3 is 16.4 Å². The quantitative estimate of drug-likeness (QED) is 0.637. The van der Waals surface area contributed by atoms with Gasteiger partial charge in [0.15, 0.2) is 0 Å². The molecule has 1 aromatic rings. The highest BCUT2D eigenvalue weighted by Crippen LogP contribution is 1.98. The first-order valence-electron chi connectivity index (χ1n) is 5.94. The number of halogens is 2. The van der Waals surface area contributed by atoms with Crippen LogP contribution in [0, 0.1) is 0 Å². The number of amides is 1. The first-order chi connectivity index (χ1) is 8.33. The van der Waals surface area contributed by atoms with Crippen molar-refractivity contribution in [3.8, 4) is 0 Å². The summed E-state index contributed by atoms with van der Waals surface area (Å²) < 4.78 is 0. The number of hydrogen-bond donors (Lipinski definition) is 3. The number of nitrogens with two attached hydrogens (primary N) is 1. The van der Waals surface area contributed by atoms with Gasteiger partial charge in [-0.15, -0.1) is 24.8 Å². The molecule has 0 aliphatic carbocycles. The Morgan fingerprint density at radius 3 is 2.63 bits per heavy atom. The lowest BCUT2D eigenvalue weighted by Gasteiger charge is -2.06. The molecule has 0 radical (unpaired) electrons. The zero-order valence-corrected chi connectivity index (χ0v) is 12.4. The van der Waals surface area contributed by atoms with Gasteiger partial charge in [-0.25, -0.2) is 4.98 Å². The third-order valence-electron chi connectivity index (χ3n) is 2.25. The van der Waals surface area contributed by atoms with Gasteiger partial charge in [0, 0.05) is 25.7 Å². The van der Waals surface area contributed by atoms with Gasteiger partial charge in [0.2, 0.25) is 5.91 Å². The van der Waals surface area contributed by atoms with Gasteiger partial charge in [-0.2, -0.15) is 0 Å². The van der Waals surface area contributed by atoms with Crippen LogP contribution in [0.15, 0.2) is 24.4 Å². The summed E-state index contributed by atoms with van der Waals surface area (Å²) in [6, 6.07) is 5.73. The molecule has 0 atom stereocenters. The molecule has 1 aromatic heterocycles. The number of anilines is 1. The topological polar surface area (TPSA) is 80.0 Å². The predicted octanol–water partition coefficient (Wildman–Crippen LogP) is 1.58. The van der Waals surface area contributed by atoms with Crippen molar-refractivity contribution < 1.29 is 4.79 Å². The summed E-state index contributed by atoms with van der Waals surface area (Å²) in [4.78, 5) is 15.4. The van der Waals surface area contributed by atoms with E-state index in [-0.39, 0.29) is 30.7 Å². The summed E-state index contributed by atoms with van der Waals surface area (Å²) in [6.07, 6.45) is 3.89. The number of aromatic nitrogens is 1. The van der Waals surface area contributed by atoms with Gasteiger partial charge >= 0.3 is 0 Å². The third kappa shape index (κ3) is 10.6. The van der Waals surface area contributed by atoms with Crippen LogP contribution in [0.3, 0.4) is 0 Å². The van der Waals surface area contributed by atoms with Crippen LogP contribution >= 0.6 is 24.8 Å². The second-order valence-corrected chi connectivity index (χ2v) is 3.74. The molecular weight excluding hydrogens is 287 g/mol. The molecule has 0 saturated carbocycles. The van der Waals surface area contributed by atoms with Crippen molar-refractivity contribution in [3.05, 3.63) is 24.4 Å². The Bertz CT molecular complexity index is 325. The maximum absolute atomic E-state index is 11.2. The van der Waals surface area contributed by atoms with Crippen LogP contribution in [0.25, 0.3) is 0 Å². The van der Waals surface area contributed by atoms with Gasteiger partial charge in [0.05, 0.1) is 0 Å². The lowest BCUT2D eigenvalue weighted by molar-refractivity contribution is -0.121. The summed E-state index contributed by atoms with van der Waals surface area (Å²) in [5.41, 5.74) is 5.32. The minimum atomic E-state index is 0. The number of carbonyl (C=O) groups is 1. The van der Waals surface area contributed by atoms with E-state index in [9.17, 15) is 4.79 Å². The zero-order valence-electron chi connectivity index (χ0n) is 10.8. The summed E-state index contributed by atoms with van der Waals surface area (Å²) in [5.74, 6) is 0.940. The second kappa shape index (κ2) is 13.4. The van der Waals surface area contributed by atoms with E-state index in [4.69, 9.17) is 5.73 Å². The molecule has 0 saturated heterocycles. The lowest BCUT2D eigenvalue weighted by atomic mass is 10.3. The van der Waals surface area contributed by atoms with E-state index < -0.39 is 0 Å². The molecule has 0 spiro atoms. The van der Waals surface area contributed by atoms with Crippen LogP contribution in [0.2, 0.25) is 0 Å². The minimum absolute atomic E-state index is 0. The Hall–Kier alpha value is -1.04. The van der Waals surface area contributed by atoms with E-state index in [1.54, 1.807) is 6.20 Å². The van der Waals surface area contributed by atoms with Crippen molar-refractivity contribution in [1.29, 1.82) is 0 Å². The molecule has 19 heavy (non-hydrogen) atoms. The Morgan fingerprint density at radius 1 is 1.21 bits per heavy atom. The fraction of sp³-hybridized carbons (Fsp3) is 0.500. The van der Waals surface area contributed by atoms with Crippen LogP contribution < -0.4 is 16.4 Å². The molecule has 0 aliphatic heterocycles. The van der Waals surface area contributed by atoms with E-state index in [1.165, 1.54) is 0 Å². The Morgan fingerprint density at radius 2 is 2.00 bits per heavy atom. The van der Waals surface area contributed by atoms with Crippen molar-refractivity contribution >= 4 is 36.5 Å². The zero-order chi connectivity index (χ0) is 12.3. The van der Waals surface area contributed by atoms with E-state index in [2.05, 4.69) is 15.6 Å². The minimum Gasteiger partial charge on any atom is -0.370 e. The van der Waals surface area contributed by atoms with Crippen molar-refractivity contribution in [2.75, 3.05) is 25.0 Å². The van der Waals surface area contributed by atoms with E-state index in [0.29, 0.717) is 19.5 Å². The smallest absolute Gasteiger partial charge is 0.220 e. The molecule has 0 aromatic carbocycles. The number of hydrogen-bond acceptors (Lipinski definition) is 4. The van der Waals surface area contributed by atoms with Crippen LogP contribution in [-0.4, -0.2) is 30.5 Å². The lowest BCUT2D eigenvalue weighted by Crippen LogP contribution is -2.26. The van der Waals surface area contributed by atoms with Gasteiger partial charge in [0.1, 0.15) is 5.82 Å². The normalized spacial score (nSPS) is 8.89. The molecule has 1 heterocycles. The summed E-state index contributed by atoms with van der Waals surface area (Å²) >= 11 is 0. The number of pyridine rings is 1. The molecule has 1 amide bonds. The molecule has 0 fully saturated rings. The van der Waals surface area contributed by atoms with Gasteiger partial charge in [-0.1, -0.05) is 6.07 Å². The van der Waals surface area contributed by atoms with Crippen LogP contribution in [0.5, 0.6) is 0 Å². The first-order valence-corrected chi connectivity index (χ1v) is 5.94. The van der Waals surface area contributed by atoms with Crippen LogP contribution in [0.1, 0.15) is 19.3 Å². The molecule has 0 aliphatic rings. The highest BCUT2D eigenvalue weighted by atomic mass is 35.5. The average Bonchev–Trinajstić information content (AvgIpc) is 2.37. The Kier molecular flexibility index (Phi) is 14.3. The largest absolute Gasteiger partial charge is 0.370 e.